The molecule has 0 aliphatic heterocycles. The Morgan fingerprint density at radius 3 is 2.38 bits per heavy atom. The van der Waals surface area contributed by atoms with Crippen molar-refractivity contribution in [2.45, 2.75) is 24.3 Å². The van der Waals surface area contributed by atoms with Crippen molar-refractivity contribution in [3.8, 4) is 0 Å². The highest BCUT2D eigenvalue weighted by atomic mass is 79.9. The molecular weight excluding hydrogens is 352 g/mol. The van der Waals surface area contributed by atoms with Crippen molar-refractivity contribution in [3.05, 3.63) is 58.6 Å². The van der Waals surface area contributed by atoms with Crippen LogP contribution in [0.5, 0.6) is 0 Å². The first-order valence-corrected chi connectivity index (χ1v) is 8.89. The number of anilines is 1. The van der Waals surface area contributed by atoms with Gasteiger partial charge in [-0.25, -0.2) is 13.6 Å². The maximum Gasteiger partial charge on any atom is 0.238 e. The first-order valence-electron chi connectivity index (χ1n) is 6.55. The molecule has 0 heterocycles. The molecule has 0 fully saturated rings. The first-order chi connectivity index (χ1) is 9.90. The summed E-state index contributed by atoms with van der Waals surface area (Å²) in [5, 5.41) is 8.48. The highest BCUT2D eigenvalue weighted by Gasteiger charge is 2.11. The van der Waals surface area contributed by atoms with E-state index < -0.39 is 10.0 Å². The van der Waals surface area contributed by atoms with Crippen LogP contribution < -0.4 is 10.5 Å². The highest BCUT2D eigenvalue weighted by Crippen LogP contribution is 2.25. The Bertz CT molecular complexity index is 715. The topological polar surface area (TPSA) is 72.2 Å². The number of hydrogen-bond donors (Lipinski definition) is 2. The predicted molar refractivity (Wildman–Crippen MR) is 88.6 cm³/mol. The summed E-state index contributed by atoms with van der Waals surface area (Å²) in [6, 6.07) is 14.7. The molecule has 1 atom stereocenters. The Labute approximate surface area is 133 Å². The van der Waals surface area contributed by atoms with E-state index in [1.807, 2.05) is 12.1 Å². The molecule has 2 aromatic carbocycles. The number of benzene rings is 2. The number of rotatable bonds is 5. The van der Waals surface area contributed by atoms with Crippen LogP contribution in [0.15, 0.2) is 57.9 Å². The summed E-state index contributed by atoms with van der Waals surface area (Å²) in [6.45, 7) is 2.09. The number of nitrogens with two attached hydrogens (primary N) is 1. The molecule has 4 nitrogen and oxygen atoms in total. The van der Waals surface area contributed by atoms with Gasteiger partial charge in [0.25, 0.3) is 0 Å². The number of sulfonamides is 1. The Hall–Kier alpha value is -1.37. The molecule has 112 valence electrons. The first kappa shape index (κ1) is 16.0. The number of primary sulfonamides is 1. The van der Waals surface area contributed by atoms with Gasteiger partial charge in [-0.1, -0.05) is 35.0 Å². The lowest BCUT2D eigenvalue weighted by Crippen LogP contribution is -2.13. The fraction of sp³-hybridized carbons (Fsp3) is 0.200. The van der Waals surface area contributed by atoms with Crippen LogP contribution in [-0.4, -0.2) is 8.42 Å². The molecule has 0 aliphatic rings. The quantitative estimate of drug-likeness (QED) is 0.845. The van der Waals surface area contributed by atoms with Crippen molar-refractivity contribution in [2.24, 2.45) is 5.14 Å². The molecule has 21 heavy (non-hydrogen) atoms. The average Bonchev–Trinajstić information content (AvgIpc) is 2.44. The van der Waals surface area contributed by atoms with Crippen molar-refractivity contribution in [1.29, 1.82) is 0 Å². The van der Waals surface area contributed by atoms with E-state index in [-0.39, 0.29) is 10.9 Å². The van der Waals surface area contributed by atoms with Gasteiger partial charge in [0.05, 0.1) is 10.9 Å². The van der Waals surface area contributed by atoms with Gasteiger partial charge in [-0.05, 0) is 48.4 Å². The van der Waals surface area contributed by atoms with E-state index >= 15 is 0 Å². The molecule has 3 N–H and O–H groups in total. The van der Waals surface area contributed by atoms with Gasteiger partial charge in [-0.3, -0.25) is 0 Å². The minimum atomic E-state index is -3.65. The molecule has 0 spiro atoms. The summed E-state index contributed by atoms with van der Waals surface area (Å²) in [7, 11) is -3.65. The van der Waals surface area contributed by atoms with E-state index in [9.17, 15) is 8.42 Å². The maximum atomic E-state index is 11.2. The van der Waals surface area contributed by atoms with Crippen LogP contribution in [0.25, 0.3) is 0 Å². The molecule has 0 saturated carbocycles. The number of hydrogen-bond acceptors (Lipinski definition) is 3. The second-order valence-corrected chi connectivity index (χ2v) is 7.21. The van der Waals surface area contributed by atoms with Crippen LogP contribution in [0.3, 0.4) is 0 Å². The van der Waals surface area contributed by atoms with E-state index in [0.717, 1.165) is 16.6 Å². The van der Waals surface area contributed by atoms with Gasteiger partial charge in [0, 0.05) is 10.2 Å². The average molecular weight is 369 g/mol. The van der Waals surface area contributed by atoms with Gasteiger partial charge in [-0.15, -0.1) is 0 Å². The van der Waals surface area contributed by atoms with Crippen molar-refractivity contribution >= 4 is 31.6 Å². The van der Waals surface area contributed by atoms with Gasteiger partial charge >= 0.3 is 0 Å². The second kappa shape index (κ2) is 6.60. The normalized spacial score (nSPS) is 12.9. The van der Waals surface area contributed by atoms with Crippen molar-refractivity contribution in [2.75, 3.05) is 5.32 Å². The lowest BCUT2D eigenvalue weighted by atomic mass is 10.0. The summed E-state index contributed by atoms with van der Waals surface area (Å²) in [4.78, 5) is 0.114. The SMILES string of the molecule is CCC(Nc1ccc(S(N)(=O)=O)cc1)c1cccc(Br)c1. The van der Waals surface area contributed by atoms with Crippen molar-refractivity contribution < 1.29 is 8.42 Å². The lowest BCUT2D eigenvalue weighted by molar-refractivity contribution is 0.598. The minimum Gasteiger partial charge on any atom is -0.378 e. The summed E-state index contributed by atoms with van der Waals surface area (Å²) in [5.41, 5.74) is 2.02. The summed E-state index contributed by atoms with van der Waals surface area (Å²) in [6.07, 6.45) is 0.910. The molecule has 2 rings (SSSR count). The van der Waals surface area contributed by atoms with E-state index in [1.165, 1.54) is 17.7 Å². The largest absolute Gasteiger partial charge is 0.378 e. The highest BCUT2D eigenvalue weighted by molar-refractivity contribution is 9.10. The lowest BCUT2D eigenvalue weighted by Gasteiger charge is -2.19. The monoisotopic (exact) mass is 368 g/mol. The molecule has 2 aromatic rings. The fourth-order valence-corrected chi connectivity index (χ4v) is 3.02. The van der Waals surface area contributed by atoms with Crippen molar-refractivity contribution in [1.82, 2.24) is 0 Å². The molecule has 0 bridgehead atoms. The molecule has 1 unspecified atom stereocenters. The van der Waals surface area contributed by atoms with Gasteiger partial charge in [0.2, 0.25) is 10.0 Å². The Morgan fingerprint density at radius 2 is 1.86 bits per heavy atom. The van der Waals surface area contributed by atoms with E-state index in [0.29, 0.717) is 0 Å². The third-order valence-electron chi connectivity index (χ3n) is 3.18. The zero-order valence-corrected chi connectivity index (χ0v) is 14.0. The zero-order chi connectivity index (χ0) is 15.5. The smallest absolute Gasteiger partial charge is 0.238 e. The second-order valence-electron chi connectivity index (χ2n) is 4.73. The van der Waals surface area contributed by atoms with Gasteiger partial charge in [-0.2, -0.15) is 0 Å². The van der Waals surface area contributed by atoms with Gasteiger partial charge in [0.15, 0.2) is 0 Å². The van der Waals surface area contributed by atoms with Crippen LogP contribution in [0.4, 0.5) is 5.69 Å². The number of nitrogens with one attached hydrogen (secondary N) is 1. The third kappa shape index (κ3) is 4.30. The minimum absolute atomic E-state index is 0.114. The van der Waals surface area contributed by atoms with E-state index in [2.05, 4.69) is 40.3 Å². The van der Waals surface area contributed by atoms with Crippen molar-refractivity contribution in [3.63, 3.8) is 0 Å². The number of halogens is 1. The van der Waals surface area contributed by atoms with Crippen LogP contribution >= 0.6 is 15.9 Å². The van der Waals surface area contributed by atoms with Crippen LogP contribution in [0, 0.1) is 0 Å². The van der Waals surface area contributed by atoms with Gasteiger partial charge < -0.3 is 5.32 Å². The van der Waals surface area contributed by atoms with E-state index in [1.54, 1.807) is 12.1 Å². The molecule has 0 aliphatic carbocycles. The zero-order valence-electron chi connectivity index (χ0n) is 11.6. The molecule has 0 amide bonds. The maximum absolute atomic E-state index is 11.2. The molecular formula is C15H17BrN2O2S. The summed E-state index contributed by atoms with van der Waals surface area (Å²) >= 11 is 3.47. The molecule has 0 saturated heterocycles. The Balaban J connectivity index is 2.19. The molecule has 0 aromatic heterocycles. The molecule has 0 radical (unpaired) electrons. The van der Waals surface area contributed by atoms with Crippen LogP contribution in [-0.2, 0) is 10.0 Å². The van der Waals surface area contributed by atoms with Crippen LogP contribution in [0.2, 0.25) is 0 Å². The Morgan fingerprint density at radius 1 is 1.19 bits per heavy atom. The van der Waals surface area contributed by atoms with Crippen LogP contribution in [0.1, 0.15) is 24.9 Å². The Kier molecular flexibility index (Phi) is 5.03. The fourth-order valence-electron chi connectivity index (χ4n) is 2.09. The third-order valence-corrected chi connectivity index (χ3v) is 4.61. The summed E-state index contributed by atoms with van der Waals surface area (Å²) < 4.78 is 23.5. The van der Waals surface area contributed by atoms with Gasteiger partial charge in [0.1, 0.15) is 0 Å². The standard InChI is InChI=1S/C15H17BrN2O2S/c1-2-15(11-4-3-5-12(16)10-11)18-13-6-8-14(9-7-13)21(17,19)20/h3-10,15,18H,2H2,1H3,(H2,17,19,20). The van der Waals surface area contributed by atoms with E-state index in [4.69, 9.17) is 5.14 Å². The molecule has 6 heteroatoms. The predicted octanol–water partition coefficient (Wildman–Crippen LogP) is 3.66. The summed E-state index contributed by atoms with van der Waals surface area (Å²) in [5.74, 6) is 0.